The summed E-state index contributed by atoms with van der Waals surface area (Å²) < 4.78 is 6.77. The lowest BCUT2D eigenvalue weighted by Crippen LogP contribution is -2.24. The van der Waals surface area contributed by atoms with E-state index in [1.807, 2.05) is 31.2 Å². The minimum absolute atomic E-state index is 0.0516. The Labute approximate surface area is 227 Å². The molecule has 2 aromatic heterocycles. The number of hydrogen-bond acceptors (Lipinski definition) is 7. The Morgan fingerprint density at radius 3 is 2.62 bits per heavy atom. The van der Waals surface area contributed by atoms with Crippen LogP contribution in [-0.2, 0) is 17.6 Å². The van der Waals surface area contributed by atoms with E-state index in [9.17, 15) is 9.59 Å². The highest BCUT2D eigenvalue weighted by atomic mass is 35.5. The molecule has 0 saturated heterocycles. The SMILES string of the molecule is COc1ccc(C(C)=NNC(=O)CSc2nc3sc4c(c3c(=O)n2-c2ccc(Cl)cc2)CCCC4)cc1. The molecule has 37 heavy (non-hydrogen) atoms. The molecule has 0 radical (unpaired) electrons. The number of thioether (sulfide) groups is 1. The molecule has 190 valence electrons. The molecular weight excluding hydrogens is 528 g/mol. The van der Waals surface area contributed by atoms with E-state index in [1.54, 1.807) is 47.3 Å². The molecule has 1 aliphatic rings. The number of benzene rings is 2. The number of nitrogens with one attached hydrogen (secondary N) is 1. The summed E-state index contributed by atoms with van der Waals surface area (Å²) in [5.41, 5.74) is 5.83. The lowest BCUT2D eigenvalue weighted by molar-refractivity contribution is -0.118. The average Bonchev–Trinajstić information content (AvgIpc) is 3.30. The van der Waals surface area contributed by atoms with Gasteiger partial charge in [-0.15, -0.1) is 11.3 Å². The number of ether oxygens (including phenoxy) is 1. The van der Waals surface area contributed by atoms with Gasteiger partial charge in [0, 0.05) is 9.90 Å². The predicted octanol–water partition coefficient (Wildman–Crippen LogP) is 5.62. The van der Waals surface area contributed by atoms with Gasteiger partial charge in [-0.25, -0.2) is 10.4 Å². The minimum Gasteiger partial charge on any atom is -0.497 e. The first-order chi connectivity index (χ1) is 17.9. The van der Waals surface area contributed by atoms with Gasteiger partial charge in [0.15, 0.2) is 5.16 Å². The van der Waals surface area contributed by atoms with Gasteiger partial charge in [0.25, 0.3) is 11.5 Å². The van der Waals surface area contributed by atoms with Crippen LogP contribution in [0.1, 0.15) is 35.8 Å². The third-order valence-corrected chi connectivity index (χ3v) is 8.61. The van der Waals surface area contributed by atoms with E-state index in [0.29, 0.717) is 27.0 Å². The molecule has 10 heteroatoms. The van der Waals surface area contributed by atoms with Crippen LogP contribution >= 0.6 is 34.7 Å². The minimum atomic E-state index is -0.291. The van der Waals surface area contributed by atoms with Gasteiger partial charge in [-0.1, -0.05) is 23.4 Å². The van der Waals surface area contributed by atoms with Crippen LogP contribution in [0.3, 0.4) is 0 Å². The first-order valence-electron chi connectivity index (χ1n) is 11.9. The summed E-state index contributed by atoms with van der Waals surface area (Å²) in [6.07, 6.45) is 4.08. The molecular formula is C27H25ClN4O3S2. The van der Waals surface area contributed by atoms with Crippen molar-refractivity contribution >= 4 is 56.5 Å². The molecule has 1 amide bonds. The topological polar surface area (TPSA) is 85.6 Å². The van der Waals surface area contributed by atoms with E-state index in [2.05, 4.69) is 10.5 Å². The number of rotatable bonds is 7. The summed E-state index contributed by atoms with van der Waals surface area (Å²) in [5, 5.41) is 5.97. The molecule has 1 aliphatic carbocycles. The van der Waals surface area contributed by atoms with E-state index < -0.39 is 0 Å². The van der Waals surface area contributed by atoms with Gasteiger partial charge in [0.05, 0.1) is 29.6 Å². The summed E-state index contributed by atoms with van der Waals surface area (Å²) >= 11 is 8.90. The maximum absolute atomic E-state index is 13.8. The van der Waals surface area contributed by atoms with Gasteiger partial charge in [-0.3, -0.25) is 14.2 Å². The average molecular weight is 553 g/mol. The van der Waals surface area contributed by atoms with Gasteiger partial charge in [-0.05, 0) is 92.3 Å². The molecule has 0 bridgehead atoms. The molecule has 0 atom stereocenters. The normalized spacial score (nSPS) is 13.4. The van der Waals surface area contributed by atoms with Crippen molar-refractivity contribution in [3.8, 4) is 11.4 Å². The van der Waals surface area contributed by atoms with Crippen LogP contribution in [0.25, 0.3) is 15.9 Å². The van der Waals surface area contributed by atoms with Crippen molar-refractivity contribution in [2.24, 2.45) is 5.10 Å². The van der Waals surface area contributed by atoms with Gasteiger partial charge in [0.2, 0.25) is 0 Å². The number of fused-ring (bicyclic) bond motifs is 3. The van der Waals surface area contributed by atoms with Crippen molar-refractivity contribution in [3.05, 3.63) is 79.9 Å². The molecule has 0 fully saturated rings. The zero-order chi connectivity index (χ0) is 25.9. The Morgan fingerprint density at radius 2 is 1.89 bits per heavy atom. The fourth-order valence-electron chi connectivity index (χ4n) is 4.31. The molecule has 0 unspecified atom stereocenters. The first kappa shape index (κ1) is 25.5. The molecule has 2 aromatic carbocycles. The summed E-state index contributed by atoms with van der Waals surface area (Å²) in [6, 6.07) is 14.5. The highest BCUT2D eigenvalue weighted by molar-refractivity contribution is 7.99. The lowest BCUT2D eigenvalue weighted by Gasteiger charge is -2.13. The third-order valence-electron chi connectivity index (χ3n) is 6.23. The number of aryl methyl sites for hydroxylation is 2. The van der Waals surface area contributed by atoms with Crippen LogP contribution < -0.4 is 15.7 Å². The maximum Gasteiger partial charge on any atom is 0.267 e. The second-order valence-electron chi connectivity index (χ2n) is 8.65. The monoisotopic (exact) mass is 552 g/mol. The number of nitrogens with zero attached hydrogens (tertiary/aromatic N) is 3. The van der Waals surface area contributed by atoms with E-state index >= 15 is 0 Å². The number of hydrazone groups is 1. The Kier molecular flexibility index (Phi) is 7.64. The number of carbonyl (C=O) groups excluding carboxylic acids is 1. The molecule has 4 aromatic rings. The molecule has 0 saturated carbocycles. The predicted molar refractivity (Wildman–Crippen MR) is 151 cm³/mol. The quantitative estimate of drug-likeness (QED) is 0.139. The first-order valence-corrected chi connectivity index (χ1v) is 14.1. The van der Waals surface area contributed by atoms with Gasteiger partial charge >= 0.3 is 0 Å². The Bertz CT molecular complexity index is 1540. The zero-order valence-electron chi connectivity index (χ0n) is 20.4. The number of aromatic nitrogens is 2. The van der Waals surface area contributed by atoms with E-state index in [0.717, 1.165) is 47.4 Å². The molecule has 5 rings (SSSR count). The Morgan fingerprint density at radius 1 is 1.16 bits per heavy atom. The fraction of sp³-hybridized carbons (Fsp3) is 0.259. The van der Waals surface area contributed by atoms with Crippen LogP contribution in [0.5, 0.6) is 5.75 Å². The van der Waals surface area contributed by atoms with Crippen LogP contribution in [0.4, 0.5) is 0 Å². The zero-order valence-corrected chi connectivity index (χ0v) is 22.8. The van der Waals surface area contributed by atoms with Crippen molar-refractivity contribution < 1.29 is 9.53 Å². The number of hydrogen-bond donors (Lipinski definition) is 1. The number of methoxy groups -OCH3 is 1. The number of halogens is 1. The smallest absolute Gasteiger partial charge is 0.267 e. The lowest BCUT2D eigenvalue weighted by atomic mass is 9.97. The summed E-state index contributed by atoms with van der Waals surface area (Å²) in [5.74, 6) is 0.510. The fourth-order valence-corrected chi connectivity index (χ4v) is 6.54. The summed E-state index contributed by atoms with van der Waals surface area (Å²) in [7, 11) is 1.61. The van der Waals surface area contributed by atoms with E-state index in [-0.39, 0.29) is 17.2 Å². The molecule has 0 aliphatic heterocycles. The van der Waals surface area contributed by atoms with Crippen molar-refractivity contribution in [1.82, 2.24) is 15.0 Å². The van der Waals surface area contributed by atoms with Gasteiger partial charge < -0.3 is 4.74 Å². The van der Waals surface area contributed by atoms with E-state index in [1.165, 1.54) is 16.6 Å². The van der Waals surface area contributed by atoms with Crippen molar-refractivity contribution in [2.45, 2.75) is 37.8 Å². The van der Waals surface area contributed by atoms with Crippen molar-refractivity contribution in [3.63, 3.8) is 0 Å². The standard InChI is InChI=1S/C27H25ClN4O3S2/c1-16(17-7-13-20(35-2)14-8-17)30-31-23(33)15-36-27-29-25-24(21-5-3-4-6-22(21)37-25)26(34)32(27)19-11-9-18(28)10-12-19/h7-14H,3-6,15H2,1-2H3,(H,31,33). The Balaban J connectivity index is 1.41. The highest BCUT2D eigenvalue weighted by Gasteiger charge is 2.23. The summed E-state index contributed by atoms with van der Waals surface area (Å²) in [6.45, 7) is 1.82. The Hall–Kier alpha value is -3.14. The number of thiophene rings is 1. The highest BCUT2D eigenvalue weighted by Crippen LogP contribution is 2.35. The second kappa shape index (κ2) is 11.1. The van der Waals surface area contributed by atoms with Gasteiger partial charge in [0.1, 0.15) is 10.6 Å². The van der Waals surface area contributed by atoms with Crippen molar-refractivity contribution in [1.29, 1.82) is 0 Å². The largest absolute Gasteiger partial charge is 0.497 e. The van der Waals surface area contributed by atoms with Crippen molar-refractivity contribution in [2.75, 3.05) is 12.9 Å². The molecule has 2 heterocycles. The van der Waals surface area contributed by atoms with Crippen LogP contribution in [-0.4, -0.2) is 34.0 Å². The van der Waals surface area contributed by atoms with Gasteiger partial charge in [-0.2, -0.15) is 5.10 Å². The van der Waals surface area contributed by atoms with Crippen LogP contribution in [0, 0.1) is 0 Å². The molecule has 7 nitrogen and oxygen atoms in total. The molecule has 1 N–H and O–H groups in total. The summed E-state index contributed by atoms with van der Waals surface area (Å²) in [4.78, 5) is 33.3. The van der Waals surface area contributed by atoms with Crippen LogP contribution in [0.15, 0.2) is 63.6 Å². The number of carbonyl (C=O) groups is 1. The van der Waals surface area contributed by atoms with E-state index in [4.69, 9.17) is 21.3 Å². The molecule has 0 spiro atoms. The number of amides is 1. The maximum atomic E-state index is 13.8. The third kappa shape index (κ3) is 5.44. The van der Waals surface area contributed by atoms with Crippen LogP contribution in [0.2, 0.25) is 5.02 Å². The second-order valence-corrected chi connectivity index (χ2v) is 11.1.